The molecule has 0 bridgehead atoms. The molecule has 1 unspecified atom stereocenters. The number of rotatable bonds is 7. The minimum absolute atomic E-state index is 0.0112. The summed E-state index contributed by atoms with van der Waals surface area (Å²) in [6, 6.07) is 10.0. The van der Waals surface area contributed by atoms with Gasteiger partial charge in [-0.15, -0.1) is 0 Å². The summed E-state index contributed by atoms with van der Waals surface area (Å²) in [5.74, 6) is 0.0549. The molecule has 1 aliphatic heterocycles. The van der Waals surface area contributed by atoms with Crippen LogP contribution in [0.1, 0.15) is 47.0 Å². The number of nitrogens with one attached hydrogen (secondary N) is 1. The maximum atomic E-state index is 12.6. The van der Waals surface area contributed by atoms with E-state index in [9.17, 15) is 9.59 Å². The third-order valence-electron chi connectivity index (χ3n) is 4.87. The lowest BCUT2D eigenvalue weighted by atomic mass is 9.94. The van der Waals surface area contributed by atoms with Crippen molar-refractivity contribution in [3.63, 3.8) is 0 Å². The third kappa shape index (κ3) is 5.23. The summed E-state index contributed by atoms with van der Waals surface area (Å²) in [4.78, 5) is 29.2. The Labute approximate surface area is 157 Å². The van der Waals surface area contributed by atoms with Gasteiger partial charge in [-0.05, 0) is 38.3 Å². The van der Waals surface area contributed by atoms with E-state index in [1.54, 1.807) is 4.90 Å². The van der Waals surface area contributed by atoms with Crippen molar-refractivity contribution in [1.82, 2.24) is 10.2 Å². The van der Waals surface area contributed by atoms with Gasteiger partial charge in [0.05, 0.1) is 0 Å². The van der Waals surface area contributed by atoms with E-state index in [1.165, 1.54) is 5.69 Å². The first-order valence-corrected chi connectivity index (χ1v) is 9.73. The molecule has 5 nitrogen and oxygen atoms in total. The summed E-state index contributed by atoms with van der Waals surface area (Å²) in [5, 5.41) is 3.03. The van der Waals surface area contributed by atoms with Crippen molar-refractivity contribution in [2.24, 2.45) is 5.41 Å². The highest BCUT2D eigenvalue weighted by molar-refractivity contribution is 5.90. The third-order valence-corrected chi connectivity index (χ3v) is 4.87. The lowest BCUT2D eigenvalue weighted by molar-refractivity contribution is -0.144. The maximum absolute atomic E-state index is 12.6. The highest BCUT2D eigenvalue weighted by Crippen LogP contribution is 2.25. The summed E-state index contributed by atoms with van der Waals surface area (Å²) in [5.41, 5.74) is 0.763. The molecule has 5 heteroatoms. The van der Waals surface area contributed by atoms with Crippen LogP contribution in [0.3, 0.4) is 0 Å². The van der Waals surface area contributed by atoms with Crippen LogP contribution in [0.5, 0.6) is 0 Å². The van der Waals surface area contributed by atoms with Crippen molar-refractivity contribution in [3.8, 4) is 0 Å². The van der Waals surface area contributed by atoms with Gasteiger partial charge in [0.25, 0.3) is 0 Å². The van der Waals surface area contributed by atoms with Crippen molar-refractivity contribution in [3.05, 3.63) is 30.3 Å². The number of anilines is 1. The van der Waals surface area contributed by atoms with Crippen LogP contribution in [0.15, 0.2) is 30.3 Å². The largest absolute Gasteiger partial charge is 0.372 e. The van der Waals surface area contributed by atoms with Crippen molar-refractivity contribution in [1.29, 1.82) is 0 Å². The number of benzene rings is 1. The van der Waals surface area contributed by atoms with Crippen LogP contribution >= 0.6 is 0 Å². The van der Waals surface area contributed by atoms with Gasteiger partial charge in [-0.3, -0.25) is 9.59 Å². The molecule has 1 fully saturated rings. The predicted octanol–water partition coefficient (Wildman–Crippen LogP) is 3.06. The highest BCUT2D eigenvalue weighted by Gasteiger charge is 2.38. The van der Waals surface area contributed by atoms with Crippen LogP contribution in [-0.2, 0) is 9.59 Å². The van der Waals surface area contributed by atoms with Crippen LogP contribution in [0.4, 0.5) is 5.69 Å². The molecule has 1 atom stereocenters. The summed E-state index contributed by atoms with van der Waals surface area (Å²) in [6.07, 6.45) is 2.55. The second-order valence-electron chi connectivity index (χ2n) is 7.97. The van der Waals surface area contributed by atoms with Gasteiger partial charge < -0.3 is 15.1 Å². The van der Waals surface area contributed by atoms with Gasteiger partial charge in [0, 0.05) is 37.3 Å². The van der Waals surface area contributed by atoms with E-state index in [0.717, 1.165) is 32.4 Å². The summed E-state index contributed by atoms with van der Waals surface area (Å²) in [7, 11) is 0. The van der Waals surface area contributed by atoms with Crippen molar-refractivity contribution in [2.75, 3.05) is 31.1 Å². The number of carbonyl (C=O) groups excluding carboxylic acids is 2. The molecule has 0 radical (unpaired) electrons. The Kier molecular flexibility index (Phi) is 7.06. The van der Waals surface area contributed by atoms with Gasteiger partial charge in [-0.25, -0.2) is 0 Å². The summed E-state index contributed by atoms with van der Waals surface area (Å²) >= 11 is 0. The fourth-order valence-corrected chi connectivity index (χ4v) is 3.42. The Morgan fingerprint density at radius 3 is 2.54 bits per heavy atom. The fraction of sp³-hybridized carbons (Fsp3) is 0.619. The van der Waals surface area contributed by atoms with Crippen molar-refractivity contribution >= 4 is 17.5 Å². The van der Waals surface area contributed by atoms with Gasteiger partial charge >= 0.3 is 0 Å². The number of hydrogen-bond acceptors (Lipinski definition) is 3. The van der Waals surface area contributed by atoms with E-state index in [4.69, 9.17) is 0 Å². The van der Waals surface area contributed by atoms with Crippen molar-refractivity contribution in [2.45, 2.75) is 53.0 Å². The van der Waals surface area contributed by atoms with E-state index < -0.39 is 5.41 Å². The van der Waals surface area contributed by atoms with E-state index in [-0.39, 0.29) is 17.9 Å². The Morgan fingerprint density at radius 2 is 1.92 bits per heavy atom. The van der Waals surface area contributed by atoms with Gasteiger partial charge in [-0.1, -0.05) is 39.0 Å². The van der Waals surface area contributed by atoms with Gasteiger partial charge in [0.15, 0.2) is 0 Å². The average molecular weight is 360 g/mol. The molecular weight excluding hydrogens is 326 g/mol. The molecule has 0 aliphatic carbocycles. The molecule has 1 saturated heterocycles. The standard InChI is InChI=1S/C21H33N3O2/c1-5-23(17-11-7-6-8-12-17)15-10-14-22-19(25)18-13-9-16-24(18)20(26)21(2,3)4/h6-8,11-12,18H,5,9-10,13-16H2,1-4H3,(H,22,25). The van der Waals surface area contributed by atoms with Crippen LogP contribution in [0.25, 0.3) is 0 Å². The smallest absolute Gasteiger partial charge is 0.242 e. The second-order valence-corrected chi connectivity index (χ2v) is 7.97. The number of carbonyl (C=O) groups is 2. The molecule has 1 aliphatic rings. The molecule has 26 heavy (non-hydrogen) atoms. The number of hydrogen-bond donors (Lipinski definition) is 1. The predicted molar refractivity (Wildman–Crippen MR) is 106 cm³/mol. The molecule has 1 aromatic rings. The first kappa shape index (κ1) is 20.3. The Morgan fingerprint density at radius 1 is 1.23 bits per heavy atom. The minimum atomic E-state index is -0.444. The summed E-state index contributed by atoms with van der Waals surface area (Å²) < 4.78 is 0. The van der Waals surface area contributed by atoms with Gasteiger partial charge in [0.2, 0.25) is 11.8 Å². The first-order valence-electron chi connectivity index (χ1n) is 9.73. The van der Waals surface area contributed by atoms with E-state index in [2.05, 4.69) is 29.3 Å². The fourth-order valence-electron chi connectivity index (χ4n) is 3.42. The first-order chi connectivity index (χ1) is 12.3. The normalized spacial score (nSPS) is 17.2. The SMILES string of the molecule is CCN(CCCNC(=O)C1CCCN1C(=O)C(C)(C)C)c1ccccc1. The topological polar surface area (TPSA) is 52.7 Å². The number of nitrogens with zero attached hydrogens (tertiary/aromatic N) is 2. The van der Waals surface area contributed by atoms with Gasteiger partial charge in [-0.2, -0.15) is 0 Å². The zero-order valence-electron chi connectivity index (χ0n) is 16.6. The van der Waals surface area contributed by atoms with Crippen LogP contribution in [0.2, 0.25) is 0 Å². The lowest BCUT2D eigenvalue weighted by Crippen LogP contribution is -2.49. The summed E-state index contributed by atoms with van der Waals surface area (Å²) in [6.45, 7) is 11.0. The quantitative estimate of drug-likeness (QED) is 0.761. The van der Waals surface area contributed by atoms with Crippen molar-refractivity contribution < 1.29 is 9.59 Å². The van der Waals surface area contributed by atoms with E-state index in [1.807, 2.05) is 39.0 Å². The van der Waals surface area contributed by atoms with E-state index >= 15 is 0 Å². The molecule has 2 amide bonds. The highest BCUT2D eigenvalue weighted by atomic mass is 16.2. The molecule has 2 rings (SSSR count). The average Bonchev–Trinajstić information content (AvgIpc) is 3.10. The van der Waals surface area contributed by atoms with Crippen LogP contribution < -0.4 is 10.2 Å². The number of amides is 2. The molecule has 0 saturated carbocycles. The molecule has 144 valence electrons. The monoisotopic (exact) mass is 359 g/mol. The second kappa shape index (κ2) is 9.06. The maximum Gasteiger partial charge on any atom is 0.242 e. The minimum Gasteiger partial charge on any atom is -0.372 e. The van der Waals surface area contributed by atoms with Crippen LogP contribution in [0, 0.1) is 5.41 Å². The van der Waals surface area contributed by atoms with Crippen LogP contribution in [-0.4, -0.2) is 48.9 Å². The molecule has 1 N–H and O–H groups in total. The Bertz CT molecular complexity index is 595. The Hall–Kier alpha value is -2.04. The van der Waals surface area contributed by atoms with E-state index in [0.29, 0.717) is 13.1 Å². The zero-order chi connectivity index (χ0) is 19.2. The number of para-hydroxylation sites is 1. The number of likely N-dealkylation sites (tertiary alicyclic amines) is 1. The molecular formula is C21H33N3O2. The molecule has 1 aromatic carbocycles. The van der Waals surface area contributed by atoms with Gasteiger partial charge in [0.1, 0.15) is 6.04 Å². The lowest BCUT2D eigenvalue weighted by Gasteiger charge is -2.30. The molecule has 0 aromatic heterocycles. The molecule has 1 heterocycles. The zero-order valence-corrected chi connectivity index (χ0v) is 16.6. The molecule has 0 spiro atoms. The Balaban J connectivity index is 1.80.